The zero-order valence-electron chi connectivity index (χ0n) is 8.60. The zero-order valence-corrected chi connectivity index (χ0v) is 8.60. The third kappa shape index (κ3) is 1.25. The Kier molecular flexibility index (Phi) is 2.05. The van der Waals surface area contributed by atoms with Gasteiger partial charge in [0.2, 0.25) is 0 Å². The maximum Gasteiger partial charge on any atom is 0.133 e. The van der Waals surface area contributed by atoms with Crippen molar-refractivity contribution in [2.24, 2.45) is 11.3 Å². The van der Waals surface area contributed by atoms with Crippen LogP contribution in [-0.4, -0.2) is 5.78 Å². The van der Waals surface area contributed by atoms with E-state index in [9.17, 15) is 4.79 Å². The van der Waals surface area contributed by atoms with Crippen molar-refractivity contribution in [3.05, 3.63) is 11.6 Å². The molecule has 2 aliphatic carbocycles. The SMILES string of the molecule is CC1=CCCC(C)C12CCC(=O)C2. The van der Waals surface area contributed by atoms with Crippen molar-refractivity contribution in [1.29, 1.82) is 0 Å². The molecule has 0 amide bonds. The van der Waals surface area contributed by atoms with Gasteiger partial charge in [-0.2, -0.15) is 0 Å². The van der Waals surface area contributed by atoms with Crippen molar-refractivity contribution < 1.29 is 4.79 Å². The molecule has 2 rings (SSSR count). The summed E-state index contributed by atoms with van der Waals surface area (Å²) < 4.78 is 0. The topological polar surface area (TPSA) is 17.1 Å². The molecule has 0 saturated heterocycles. The lowest BCUT2D eigenvalue weighted by Crippen LogP contribution is -2.30. The molecule has 2 atom stereocenters. The predicted octanol–water partition coefficient (Wildman–Crippen LogP) is 3.10. The Morgan fingerprint density at radius 2 is 2.31 bits per heavy atom. The standard InChI is InChI=1S/C12H18O/c1-9-4-3-5-10(2)12(9)7-6-11(13)8-12/h4,10H,3,5-8H2,1-2H3. The molecule has 72 valence electrons. The van der Waals surface area contributed by atoms with E-state index in [1.54, 1.807) is 0 Å². The normalized spacial score (nSPS) is 39.7. The van der Waals surface area contributed by atoms with E-state index in [1.165, 1.54) is 18.4 Å². The fraction of sp³-hybridized carbons (Fsp3) is 0.750. The summed E-state index contributed by atoms with van der Waals surface area (Å²) in [7, 11) is 0. The maximum absolute atomic E-state index is 11.4. The summed E-state index contributed by atoms with van der Waals surface area (Å²) in [4.78, 5) is 11.4. The molecule has 1 nitrogen and oxygen atoms in total. The molecule has 2 aliphatic rings. The van der Waals surface area contributed by atoms with Crippen LogP contribution >= 0.6 is 0 Å². The van der Waals surface area contributed by atoms with Crippen LogP contribution in [0.5, 0.6) is 0 Å². The van der Waals surface area contributed by atoms with E-state index < -0.39 is 0 Å². The molecule has 0 heterocycles. The molecule has 13 heavy (non-hydrogen) atoms. The first-order valence-electron chi connectivity index (χ1n) is 5.34. The summed E-state index contributed by atoms with van der Waals surface area (Å²) >= 11 is 0. The lowest BCUT2D eigenvalue weighted by molar-refractivity contribution is -0.118. The van der Waals surface area contributed by atoms with Crippen LogP contribution in [0.2, 0.25) is 0 Å². The number of Topliss-reactive ketones (excluding diaryl/α,β-unsaturated/α-hetero) is 1. The molecule has 0 radical (unpaired) electrons. The first kappa shape index (κ1) is 8.98. The van der Waals surface area contributed by atoms with Crippen LogP contribution in [0.4, 0.5) is 0 Å². The first-order chi connectivity index (χ1) is 6.15. The zero-order chi connectivity index (χ0) is 9.47. The highest BCUT2D eigenvalue weighted by Gasteiger charge is 2.44. The number of ketones is 1. The summed E-state index contributed by atoms with van der Waals surface area (Å²) in [6, 6.07) is 0. The van der Waals surface area contributed by atoms with E-state index in [-0.39, 0.29) is 5.41 Å². The Morgan fingerprint density at radius 3 is 2.85 bits per heavy atom. The summed E-state index contributed by atoms with van der Waals surface area (Å²) in [5.74, 6) is 1.19. The van der Waals surface area contributed by atoms with Gasteiger partial charge in [-0.05, 0) is 32.1 Å². The average molecular weight is 178 g/mol. The number of carbonyl (C=O) groups is 1. The quantitative estimate of drug-likeness (QED) is 0.521. The Balaban J connectivity index is 2.32. The van der Waals surface area contributed by atoms with E-state index in [1.807, 2.05) is 0 Å². The summed E-state index contributed by atoms with van der Waals surface area (Å²) in [6.07, 6.45) is 7.56. The second kappa shape index (κ2) is 2.97. The molecule has 0 aliphatic heterocycles. The number of hydrogen-bond donors (Lipinski definition) is 0. The van der Waals surface area contributed by atoms with Crippen molar-refractivity contribution >= 4 is 5.78 Å². The summed E-state index contributed by atoms with van der Waals surface area (Å²) in [5.41, 5.74) is 1.76. The van der Waals surface area contributed by atoms with Crippen LogP contribution < -0.4 is 0 Å². The minimum atomic E-state index is 0.273. The molecule has 1 spiro atoms. The Labute approximate surface area is 80.2 Å². The van der Waals surface area contributed by atoms with Gasteiger partial charge in [-0.25, -0.2) is 0 Å². The predicted molar refractivity (Wildman–Crippen MR) is 53.4 cm³/mol. The van der Waals surface area contributed by atoms with E-state index in [4.69, 9.17) is 0 Å². The Hall–Kier alpha value is -0.590. The lowest BCUT2D eigenvalue weighted by atomic mass is 9.65. The van der Waals surface area contributed by atoms with E-state index >= 15 is 0 Å². The molecule has 0 N–H and O–H groups in total. The van der Waals surface area contributed by atoms with Crippen LogP contribution in [-0.2, 0) is 4.79 Å². The van der Waals surface area contributed by atoms with E-state index in [0.717, 1.165) is 19.3 Å². The van der Waals surface area contributed by atoms with Crippen molar-refractivity contribution in [2.75, 3.05) is 0 Å². The van der Waals surface area contributed by atoms with Gasteiger partial charge < -0.3 is 0 Å². The first-order valence-corrected chi connectivity index (χ1v) is 5.34. The number of carbonyl (C=O) groups excluding carboxylic acids is 1. The van der Waals surface area contributed by atoms with Crippen molar-refractivity contribution in [3.63, 3.8) is 0 Å². The third-order valence-electron chi connectivity index (χ3n) is 4.14. The average Bonchev–Trinajstić information content (AvgIpc) is 2.46. The second-order valence-electron chi connectivity index (χ2n) is 4.74. The Morgan fingerprint density at radius 1 is 1.54 bits per heavy atom. The number of hydrogen-bond acceptors (Lipinski definition) is 1. The summed E-state index contributed by atoms with van der Waals surface area (Å²) in [6.45, 7) is 4.53. The highest BCUT2D eigenvalue weighted by molar-refractivity contribution is 5.82. The van der Waals surface area contributed by atoms with Crippen molar-refractivity contribution in [3.8, 4) is 0 Å². The van der Waals surface area contributed by atoms with Crippen LogP contribution in [0.1, 0.15) is 46.0 Å². The molecule has 1 saturated carbocycles. The van der Waals surface area contributed by atoms with Gasteiger partial charge in [0.1, 0.15) is 5.78 Å². The molecule has 0 aromatic carbocycles. The molecule has 1 heteroatoms. The highest BCUT2D eigenvalue weighted by Crippen LogP contribution is 2.51. The fourth-order valence-electron chi connectivity index (χ4n) is 3.07. The molecular formula is C12H18O. The Bertz CT molecular complexity index is 264. The maximum atomic E-state index is 11.4. The molecule has 2 unspecified atom stereocenters. The van der Waals surface area contributed by atoms with Gasteiger partial charge in [-0.1, -0.05) is 18.6 Å². The van der Waals surface area contributed by atoms with Crippen molar-refractivity contribution in [2.45, 2.75) is 46.0 Å². The molecule has 0 bridgehead atoms. The van der Waals surface area contributed by atoms with Gasteiger partial charge in [-0.15, -0.1) is 0 Å². The third-order valence-corrected chi connectivity index (χ3v) is 4.14. The summed E-state index contributed by atoms with van der Waals surface area (Å²) in [5, 5.41) is 0. The van der Waals surface area contributed by atoms with Gasteiger partial charge in [-0.3, -0.25) is 4.79 Å². The van der Waals surface area contributed by atoms with Gasteiger partial charge in [0.15, 0.2) is 0 Å². The second-order valence-corrected chi connectivity index (χ2v) is 4.74. The number of allylic oxidation sites excluding steroid dienone is 2. The monoisotopic (exact) mass is 178 g/mol. The molecule has 0 aromatic rings. The van der Waals surface area contributed by atoms with Gasteiger partial charge >= 0.3 is 0 Å². The lowest BCUT2D eigenvalue weighted by Gasteiger charge is -2.39. The number of rotatable bonds is 0. The van der Waals surface area contributed by atoms with Gasteiger partial charge in [0, 0.05) is 18.3 Å². The highest BCUT2D eigenvalue weighted by atomic mass is 16.1. The largest absolute Gasteiger partial charge is 0.300 e. The smallest absolute Gasteiger partial charge is 0.133 e. The van der Waals surface area contributed by atoms with Gasteiger partial charge in [0.25, 0.3) is 0 Å². The minimum absolute atomic E-state index is 0.273. The van der Waals surface area contributed by atoms with Crippen LogP contribution in [0, 0.1) is 11.3 Å². The van der Waals surface area contributed by atoms with E-state index in [0.29, 0.717) is 11.7 Å². The van der Waals surface area contributed by atoms with Crippen LogP contribution in [0.15, 0.2) is 11.6 Å². The van der Waals surface area contributed by atoms with Crippen LogP contribution in [0.3, 0.4) is 0 Å². The fourth-order valence-corrected chi connectivity index (χ4v) is 3.07. The van der Waals surface area contributed by atoms with Crippen LogP contribution in [0.25, 0.3) is 0 Å². The minimum Gasteiger partial charge on any atom is -0.300 e. The van der Waals surface area contributed by atoms with Gasteiger partial charge in [0.05, 0.1) is 0 Å². The van der Waals surface area contributed by atoms with E-state index in [2.05, 4.69) is 19.9 Å². The molecular weight excluding hydrogens is 160 g/mol. The molecule has 1 fully saturated rings. The molecule has 0 aromatic heterocycles. The van der Waals surface area contributed by atoms with Crippen molar-refractivity contribution in [1.82, 2.24) is 0 Å².